The van der Waals surface area contributed by atoms with E-state index in [1.807, 2.05) is 20.0 Å². The summed E-state index contributed by atoms with van der Waals surface area (Å²) in [5.74, 6) is 0.764. The third-order valence-electron chi connectivity index (χ3n) is 4.82. The number of aryl methyl sites for hydroxylation is 1. The highest BCUT2D eigenvalue weighted by Crippen LogP contribution is 2.31. The van der Waals surface area contributed by atoms with Crippen molar-refractivity contribution < 1.29 is 14.3 Å². The monoisotopic (exact) mass is 320 g/mol. The Hall–Kier alpha value is -1.89. The average Bonchev–Trinajstić information content (AvgIpc) is 2.89. The summed E-state index contributed by atoms with van der Waals surface area (Å²) in [6.45, 7) is 3.88. The van der Waals surface area contributed by atoms with E-state index >= 15 is 0 Å². The Balaban J connectivity index is 1.71. The highest BCUT2D eigenvalue weighted by Gasteiger charge is 2.38. The molecule has 2 aliphatic rings. The lowest BCUT2D eigenvalue weighted by molar-refractivity contribution is -0.134. The van der Waals surface area contributed by atoms with Gasteiger partial charge in [-0.25, -0.2) is 0 Å². The van der Waals surface area contributed by atoms with Gasteiger partial charge in [-0.1, -0.05) is 6.92 Å². The predicted molar refractivity (Wildman–Crippen MR) is 85.0 cm³/mol. The minimum absolute atomic E-state index is 0.0704. The first-order valence-corrected chi connectivity index (χ1v) is 8.18. The molecule has 2 saturated heterocycles. The summed E-state index contributed by atoms with van der Waals surface area (Å²) >= 11 is 0. The zero-order valence-corrected chi connectivity index (χ0v) is 13.7. The van der Waals surface area contributed by atoms with Crippen molar-refractivity contribution in [2.75, 3.05) is 25.1 Å². The summed E-state index contributed by atoms with van der Waals surface area (Å²) in [6, 6.07) is 1.92. The summed E-state index contributed by atoms with van der Waals surface area (Å²) in [5, 5.41) is 10.2. The molecule has 0 radical (unpaired) electrons. The number of amides is 2. The zero-order chi connectivity index (χ0) is 16.4. The van der Waals surface area contributed by atoms with Crippen LogP contribution in [0.25, 0.3) is 0 Å². The van der Waals surface area contributed by atoms with E-state index in [2.05, 4.69) is 15.7 Å². The number of carbonyl (C=O) groups excluding carboxylic acids is 2. The van der Waals surface area contributed by atoms with Crippen LogP contribution in [0, 0.1) is 5.41 Å². The lowest BCUT2D eigenvalue weighted by Gasteiger charge is -2.31. The van der Waals surface area contributed by atoms with Gasteiger partial charge in [0.2, 0.25) is 11.8 Å². The number of nitrogens with one attached hydrogen (secondary N) is 2. The second kappa shape index (κ2) is 6.31. The number of hydrogen-bond acceptors (Lipinski definition) is 4. The van der Waals surface area contributed by atoms with Crippen molar-refractivity contribution in [1.82, 2.24) is 15.1 Å². The molecule has 2 amide bonds. The van der Waals surface area contributed by atoms with Crippen molar-refractivity contribution in [3.8, 4) is 0 Å². The third kappa shape index (κ3) is 3.39. The number of aromatic nitrogens is 2. The Labute approximate surface area is 135 Å². The number of ether oxygens (including phenoxy) is 1. The van der Waals surface area contributed by atoms with E-state index in [1.165, 1.54) is 0 Å². The van der Waals surface area contributed by atoms with Crippen molar-refractivity contribution in [3.05, 3.63) is 11.8 Å². The van der Waals surface area contributed by atoms with Gasteiger partial charge in [-0.3, -0.25) is 14.3 Å². The number of anilines is 1. The molecular formula is C16H24N4O3. The summed E-state index contributed by atoms with van der Waals surface area (Å²) < 4.78 is 7.20. The molecule has 1 aromatic rings. The van der Waals surface area contributed by atoms with Crippen LogP contribution in [-0.4, -0.2) is 41.4 Å². The molecule has 0 aliphatic carbocycles. The first-order chi connectivity index (χ1) is 11.0. The van der Waals surface area contributed by atoms with Gasteiger partial charge in [0.25, 0.3) is 0 Å². The first kappa shape index (κ1) is 16.0. The number of carbonyl (C=O) groups is 2. The Morgan fingerprint density at radius 2 is 2.39 bits per heavy atom. The largest absolute Gasteiger partial charge is 0.381 e. The van der Waals surface area contributed by atoms with Gasteiger partial charge in [-0.2, -0.15) is 5.10 Å². The van der Waals surface area contributed by atoms with E-state index < -0.39 is 5.41 Å². The first-order valence-electron chi connectivity index (χ1n) is 8.18. The molecule has 0 spiro atoms. The summed E-state index contributed by atoms with van der Waals surface area (Å²) in [5.41, 5.74) is 0.287. The Bertz CT molecular complexity index is 606. The normalized spacial score (nSPS) is 28.3. The van der Waals surface area contributed by atoms with Gasteiger partial charge in [0.05, 0.1) is 17.7 Å². The van der Waals surface area contributed by atoms with Gasteiger partial charge in [0.1, 0.15) is 5.82 Å². The maximum atomic E-state index is 12.6. The average molecular weight is 320 g/mol. The number of hydrogen-bond donors (Lipinski definition) is 2. The maximum absolute atomic E-state index is 12.6. The van der Waals surface area contributed by atoms with E-state index in [0.717, 1.165) is 25.1 Å². The predicted octanol–water partition coefficient (Wildman–Crippen LogP) is 1.17. The van der Waals surface area contributed by atoms with Crippen LogP contribution in [0.15, 0.2) is 6.07 Å². The number of nitrogens with zero attached hydrogens (tertiary/aromatic N) is 2. The Morgan fingerprint density at radius 1 is 1.57 bits per heavy atom. The number of piperidine rings is 1. The highest BCUT2D eigenvalue weighted by molar-refractivity contribution is 5.97. The van der Waals surface area contributed by atoms with Crippen LogP contribution < -0.4 is 10.6 Å². The molecule has 3 rings (SSSR count). The SMILES string of the molecule is Cn1nc(C2CCCOC2)cc1NC(=O)C1(C)CCNC(=O)C1. The van der Waals surface area contributed by atoms with E-state index in [0.29, 0.717) is 25.4 Å². The fraction of sp³-hybridized carbons (Fsp3) is 0.688. The van der Waals surface area contributed by atoms with Crippen molar-refractivity contribution in [1.29, 1.82) is 0 Å². The van der Waals surface area contributed by atoms with Crippen LogP contribution in [0.3, 0.4) is 0 Å². The fourth-order valence-electron chi connectivity index (χ4n) is 3.22. The van der Waals surface area contributed by atoms with Crippen molar-refractivity contribution in [3.63, 3.8) is 0 Å². The summed E-state index contributed by atoms with van der Waals surface area (Å²) in [6.07, 6.45) is 2.96. The van der Waals surface area contributed by atoms with E-state index in [9.17, 15) is 9.59 Å². The molecule has 23 heavy (non-hydrogen) atoms. The molecule has 2 N–H and O–H groups in total. The molecule has 7 nitrogen and oxygen atoms in total. The van der Waals surface area contributed by atoms with Crippen LogP contribution in [-0.2, 0) is 21.4 Å². The van der Waals surface area contributed by atoms with E-state index in [4.69, 9.17) is 4.74 Å². The molecular weight excluding hydrogens is 296 g/mol. The summed E-state index contributed by atoms with van der Waals surface area (Å²) in [4.78, 5) is 24.2. The lowest BCUT2D eigenvalue weighted by atomic mass is 9.80. The van der Waals surface area contributed by atoms with Crippen LogP contribution in [0.2, 0.25) is 0 Å². The molecule has 3 heterocycles. The second-order valence-corrected chi connectivity index (χ2v) is 6.78. The van der Waals surface area contributed by atoms with E-state index in [-0.39, 0.29) is 24.2 Å². The zero-order valence-electron chi connectivity index (χ0n) is 13.7. The standard InChI is InChI=1S/C16H24N4O3/c1-16(5-6-17-14(21)9-16)15(22)18-13-8-12(19-20(13)2)11-4-3-7-23-10-11/h8,11H,3-7,9-10H2,1-2H3,(H,17,21)(H,18,22). The van der Waals surface area contributed by atoms with Crippen LogP contribution in [0.4, 0.5) is 5.82 Å². The van der Waals surface area contributed by atoms with Gasteiger partial charge < -0.3 is 15.4 Å². The van der Waals surface area contributed by atoms with Gasteiger partial charge >= 0.3 is 0 Å². The van der Waals surface area contributed by atoms with Gasteiger partial charge in [0.15, 0.2) is 0 Å². The molecule has 7 heteroatoms. The maximum Gasteiger partial charge on any atom is 0.232 e. The van der Waals surface area contributed by atoms with E-state index in [1.54, 1.807) is 4.68 Å². The van der Waals surface area contributed by atoms with Crippen molar-refractivity contribution in [2.24, 2.45) is 12.5 Å². The molecule has 126 valence electrons. The number of rotatable bonds is 3. The fourth-order valence-corrected chi connectivity index (χ4v) is 3.22. The summed E-state index contributed by atoms with van der Waals surface area (Å²) in [7, 11) is 1.82. The molecule has 0 aromatic carbocycles. The smallest absolute Gasteiger partial charge is 0.232 e. The Morgan fingerprint density at radius 3 is 3.09 bits per heavy atom. The van der Waals surface area contributed by atoms with Crippen molar-refractivity contribution in [2.45, 2.75) is 38.5 Å². The molecule has 1 aromatic heterocycles. The minimum Gasteiger partial charge on any atom is -0.381 e. The minimum atomic E-state index is -0.666. The molecule has 0 bridgehead atoms. The molecule has 2 atom stereocenters. The Kier molecular flexibility index (Phi) is 4.39. The van der Waals surface area contributed by atoms with Crippen LogP contribution in [0.1, 0.15) is 44.2 Å². The van der Waals surface area contributed by atoms with Crippen LogP contribution in [0.5, 0.6) is 0 Å². The van der Waals surface area contributed by atoms with Gasteiger partial charge in [-0.15, -0.1) is 0 Å². The quantitative estimate of drug-likeness (QED) is 0.875. The van der Waals surface area contributed by atoms with Gasteiger partial charge in [-0.05, 0) is 19.3 Å². The molecule has 0 saturated carbocycles. The molecule has 2 unspecified atom stereocenters. The third-order valence-corrected chi connectivity index (χ3v) is 4.82. The highest BCUT2D eigenvalue weighted by atomic mass is 16.5. The van der Waals surface area contributed by atoms with Crippen LogP contribution >= 0.6 is 0 Å². The second-order valence-electron chi connectivity index (χ2n) is 6.78. The molecule has 2 fully saturated rings. The molecule has 2 aliphatic heterocycles. The van der Waals surface area contributed by atoms with Gasteiger partial charge in [0, 0.05) is 38.6 Å². The van der Waals surface area contributed by atoms with Crippen molar-refractivity contribution >= 4 is 17.6 Å². The topological polar surface area (TPSA) is 85.2 Å². The lowest BCUT2D eigenvalue weighted by Crippen LogP contribution is -2.45.